The van der Waals surface area contributed by atoms with Gasteiger partial charge in [0.15, 0.2) is 0 Å². The minimum absolute atomic E-state index is 0.591. The van der Waals surface area contributed by atoms with Gasteiger partial charge < -0.3 is 10.6 Å². The predicted octanol–water partition coefficient (Wildman–Crippen LogP) is 10.3. The van der Waals surface area contributed by atoms with E-state index in [-0.39, 0.29) is 0 Å². The second-order valence-corrected chi connectivity index (χ2v) is 36.4. The monoisotopic (exact) mass is 642 g/mol. The first-order valence-electron chi connectivity index (χ1n) is 15.5. The molecule has 0 amide bonds. The van der Waals surface area contributed by atoms with Crippen LogP contribution in [-0.2, 0) is 0 Å². The molecule has 0 spiro atoms. The van der Waals surface area contributed by atoms with Crippen molar-refractivity contribution in [2.24, 2.45) is 0 Å². The zero-order chi connectivity index (χ0) is 30.6. The average molecular weight is 643 g/mol. The maximum atomic E-state index is 4.11. The van der Waals surface area contributed by atoms with Crippen LogP contribution in [0.25, 0.3) is 21.5 Å². The number of benzene rings is 6. The molecule has 2 nitrogen and oxygen atoms in total. The highest BCUT2D eigenvalue weighted by Gasteiger charge is 2.36. The van der Waals surface area contributed by atoms with Crippen LogP contribution in [0, 0.1) is 0 Å². The molecule has 7 rings (SSSR count). The van der Waals surface area contributed by atoms with Gasteiger partial charge in [0, 0.05) is 33.4 Å². The van der Waals surface area contributed by atoms with Crippen LogP contribution in [0.15, 0.2) is 121 Å². The van der Waals surface area contributed by atoms with E-state index in [0.29, 0.717) is 0 Å². The third-order valence-corrected chi connectivity index (χ3v) is 25.5. The molecule has 0 radical (unpaired) electrons. The first-order valence-corrected chi connectivity index (χ1v) is 26.8. The minimum atomic E-state index is -1.79. The molecule has 6 heteroatoms. The first-order chi connectivity index (χ1) is 21.1. The Hall–Kier alpha value is -3.27. The van der Waals surface area contributed by atoms with Crippen LogP contribution < -0.4 is 31.9 Å². The maximum Gasteiger partial charge on any atom is 0.0829 e. The number of hydrogen-bond donors (Lipinski definition) is 2. The van der Waals surface area contributed by atoms with E-state index in [9.17, 15) is 0 Å². The van der Waals surface area contributed by atoms with E-state index in [1.165, 1.54) is 65.5 Å². The van der Waals surface area contributed by atoms with Crippen LogP contribution in [-0.4, -0.2) is 15.5 Å². The molecule has 0 aromatic heterocycles. The molecule has 6 aromatic carbocycles. The highest BCUT2D eigenvalue weighted by molar-refractivity contribution is 8.05. The molecule has 0 saturated heterocycles. The van der Waals surface area contributed by atoms with Crippen molar-refractivity contribution >= 4 is 95.9 Å². The zero-order valence-electron chi connectivity index (χ0n) is 26.4. The molecule has 6 aromatic rings. The molecule has 0 saturated carbocycles. The van der Waals surface area contributed by atoms with Crippen molar-refractivity contribution < 1.29 is 0 Å². The van der Waals surface area contributed by atoms with E-state index in [4.69, 9.17) is 0 Å². The van der Waals surface area contributed by atoms with E-state index in [1.54, 1.807) is 0 Å². The molecule has 1 aliphatic rings. The number of nitrogens with one attached hydrogen (secondary N) is 2. The predicted molar refractivity (Wildman–Crippen MR) is 206 cm³/mol. The van der Waals surface area contributed by atoms with Gasteiger partial charge in [-0.15, -0.1) is 0 Å². The number of anilines is 4. The molecule has 2 N–H and O–H groups in total. The van der Waals surface area contributed by atoms with E-state index >= 15 is 0 Å². The van der Waals surface area contributed by atoms with E-state index in [1.807, 2.05) is 0 Å². The van der Waals surface area contributed by atoms with Gasteiger partial charge in [-0.2, -0.15) is 0 Å². The fourth-order valence-corrected chi connectivity index (χ4v) is 23.4. The lowest BCUT2D eigenvalue weighted by Gasteiger charge is -2.37. The molecular weight excluding hydrogens is 603 g/mol. The van der Waals surface area contributed by atoms with Gasteiger partial charge in [-0.1, -0.05) is 139 Å². The van der Waals surface area contributed by atoms with Crippen molar-refractivity contribution in [3.05, 3.63) is 121 Å². The maximum absolute atomic E-state index is 4.11. The van der Waals surface area contributed by atoms with Gasteiger partial charge in [0.1, 0.15) is 0 Å². The first kappa shape index (κ1) is 29.4. The van der Waals surface area contributed by atoms with Crippen LogP contribution in [0.2, 0.25) is 39.3 Å². The van der Waals surface area contributed by atoms with Gasteiger partial charge in [-0.25, -0.2) is 0 Å². The van der Waals surface area contributed by atoms with Gasteiger partial charge in [0.05, 0.1) is 15.5 Å². The van der Waals surface area contributed by atoms with Gasteiger partial charge in [0.25, 0.3) is 0 Å². The van der Waals surface area contributed by atoms with Gasteiger partial charge in [-0.05, 0) is 68.6 Å². The summed E-state index contributed by atoms with van der Waals surface area (Å²) in [6.45, 7) is 15.3. The number of fused-ring (bicyclic) bond motifs is 6. The van der Waals surface area contributed by atoms with Crippen molar-refractivity contribution in [1.29, 1.82) is 0 Å². The van der Waals surface area contributed by atoms with Crippen molar-refractivity contribution in [3.8, 4) is 0 Å². The third kappa shape index (κ3) is 5.44. The average Bonchev–Trinajstić information content (AvgIpc) is 2.97. The summed E-state index contributed by atoms with van der Waals surface area (Å²) < 4.78 is 0. The minimum Gasteiger partial charge on any atom is -0.354 e. The van der Waals surface area contributed by atoms with E-state index in [2.05, 4.69) is 171 Å². The van der Waals surface area contributed by atoms with Gasteiger partial charge >= 0.3 is 0 Å². The van der Waals surface area contributed by atoms with Crippen molar-refractivity contribution in [2.75, 3.05) is 10.6 Å². The lowest BCUT2D eigenvalue weighted by Crippen LogP contribution is -2.35. The molecule has 0 unspecified atom stereocenters. The summed E-state index contributed by atoms with van der Waals surface area (Å²) >= 11 is 0. The summed E-state index contributed by atoms with van der Waals surface area (Å²) in [6, 6.07) is 45.8. The Morgan fingerprint density at radius 2 is 0.682 bits per heavy atom. The van der Waals surface area contributed by atoms with Gasteiger partial charge in [-0.3, -0.25) is 0 Å². The molecular formula is C38H40N2P2Si2. The zero-order valence-corrected chi connectivity index (χ0v) is 30.2. The highest BCUT2D eigenvalue weighted by atomic mass is 31.4. The molecule has 0 bridgehead atoms. The van der Waals surface area contributed by atoms with E-state index in [0.717, 1.165) is 0 Å². The Balaban J connectivity index is 1.62. The van der Waals surface area contributed by atoms with Gasteiger partial charge in [0.2, 0.25) is 0 Å². The summed E-state index contributed by atoms with van der Waals surface area (Å²) in [7, 11) is -4.75. The van der Waals surface area contributed by atoms with Crippen LogP contribution in [0.5, 0.6) is 0 Å². The third-order valence-electron chi connectivity index (χ3n) is 8.38. The molecule has 1 aliphatic heterocycles. The Kier molecular flexibility index (Phi) is 7.54. The smallest absolute Gasteiger partial charge is 0.0829 e. The summed E-state index contributed by atoms with van der Waals surface area (Å²) in [5.41, 5.74) is 5.00. The Labute approximate surface area is 266 Å². The van der Waals surface area contributed by atoms with Crippen molar-refractivity contribution in [3.63, 3.8) is 0 Å². The fraction of sp³-hybridized carbons (Fsp3) is 0.158. The molecule has 0 atom stereocenters. The Bertz CT molecular complexity index is 1890. The highest BCUT2D eigenvalue weighted by Crippen LogP contribution is 2.52. The normalized spacial score (nSPS) is 16.8. The van der Waals surface area contributed by atoms with Crippen molar-refractivity contribution in [2.45, 2.75) is 39.3 Å². The van der Waals surface area contributed by atoms with Crippen LogP contribution in [0.4, 0.5) is 22.7 Å². The lowest BCUT2D eigenvalue weighted by atomic mass is 10.1. The van der Waals surface area contributed by atoms with Crippen LogP contribution in [0.1, 0.15) is 0 Å². The summed E-state index contributed by atoms with van der Waals surface area (Å²) in [5.74, 6) is 0. The number of rotatable bonds is 2. The lowest BCUT2D eigenvalue weighted by molar-refractivity contribution is 1.60. The number of hydrogen-bond acceptors (Lipinski definition) is 2. The molecule has 1 heterocycles. The van der Waals surface area contributed by atoms with Crippen LogP contribution in [0.3, 0.4) is 0 Å². The molecule has 44 heavy (non-hydrogen) atoms. The standard InChI is InChI=1S/C38H40N2P2Si2/c1-43(2,3)41-35-21-13-11-19-31(35)39-33-23-27-15-7-9-17-29(27)25-37(33)42(44(4,5)6)38-26-30-18-10-8-16-28(30)24-34(38)40-32-20-12-14-22-36(32)41/h7-26,39-40H,1-6H3. The Morgan fingerprint density at radius 1 is 0.364 bits per heavy atom. The largest absolute Gasteiger partial charge is 0.354 e. The molecule has 220 valence electrons. The van der Waals surface area contributed by atoms with Crippen LogP contribution >= 0.6 is 14.9 Å². The van der Waals surface area contributed by atoms with Crippen molar-refractivity contribution in [1.82, 2.24) is 0 Å². The second kappa shape index (κ2) is 11.3. The summed E-state index contributed by atoms with van der Waals surface area (Å²) in [6.07, 6.45) is 0. The SMILES string of the molecule is C[Si](C)(C)P1c2ccccc2Nc2cc3ccccc3cc2P([Si](C)(C)C)c2cc3ccccc3cc2Nc2ccccc21. The Morgan fingerprint density at radius 3 is 1.07 bits per heavy atom. The quantitative estimate of drug-likeness (QED) is 0.145. The number of para-hydroxylation sites is 2. The summed E-state index contributed by atoms with van der Waals surface area (Å²) in [5, 5.41) is 19.2. The topological polar surface area (TPSA) is 24.1 Å². The molecule has 0 aliphatic carbocycles. The van der Waals surface area contributed by atoms with E-state index < -0.39 is 30.4 Å². The fourth-order valence-electron chi connectivity index (χ4n) is 6.57. The second-order valence-electron chi connectivity index (χ2n) is 13.7. The summed E-state index contributed by atoms with van der Waals surface area (Å²) in [4.78, 5) is 0. The molecule has 0 fully saturated rings.